The number of hydrogen-bond acceptors (Lipinski definition) is 5. The molecule has 5 nitrogen and oxygen atoms in total. The van der Waals surface area contributed by atoms with Crippen molar-refractivity contribution in [1.29, 1.82) is 0 Å². The van der Waals surface area contributed by atoms with Crippen molar-refractivity contribution in [1.82, 2.24) is 0 Å². The Morgan fingerprint density at radius 1 is 0.559 bits per heavy atom. The Morgan fingerprint density at radius 2 is 0.824 bits per heavy atom. The van der Waals surface area contributed by atoms with E-state index in [0.29, 0.717) is 11.1 Å². The molecule has 0 heterocycles. The van der Waals surface area contributed by atoms with Crippen LogP contribution < -0.4 is 11.6 Å². The molecule has 0 atom stereocenters. The van der Waals surface area contributed by atoms with Crippen molar-refractivity contribution >= 4 is 15.8 Å². The Labute approximate surface area is 207 Å². The van der Waals surface area contributed by atoms with Gasteiger partial charge in [0.25, 0.3) is 0 Å². The predicted octanol–water partition coefficient (Wildman–Crippen LogP) is 6.63. The summed E-state index contributed by atoms with van der Waals surface area (Å²) in [7, 11) is -3.80. The van der Waals surface area contributed by atoms with E-state index in [1.807, 2.05) is 20.8 Å². The number of aryl methyl sites for hydroxylation is 9. The third-order valence-electron chi connectivity index (χ3n) is 5.09. The largest absolute Gasteiger partial charge is 0.398 e. The smallest absolute Gasteiger partial charge is 0.313 e. The summed E-state index contributed by atoms with van der Waals surface area (Å²) in [5.74, 6) is 4.73. The van der Waals surface area contributed by atoms with E-state index in [0.717, 1.165) is 11.3 Å². The highest BCUT2D eigenvalue weighted by atomic mass is 32.2. The maximum atomic E-state index is 11.4. The third-order valence-corrected chi connectivity index (χ3v) is 6.48. The highest BCUT2D eigenvalue weighted by Crippen LogP contribution is 2.22. The monoisotopic (exact) mass is 486 g/mol. The average Bonchev–Trinajstić information content (AvgIpc) is 2.65. The van der Waals surface area contributed by atoms with E-state index in [-0.39, 0.29) is 12.3 Å². The lowest BCUT2D eigenvalue weighted by molar-refractivity contribution is 0.332. The topological polar surface area (TPSA) is 95.4 Å². The maximum absolute atomic E-state index is 11.4. The van der Waals surface area contributed by atoms with Gasteiger partial charge in [-0.1, -0.05) is 77.7 Å². The van der Waals surface area contributed by atoms with E-state index in [2.05, 4.69) is 62.3 Å². The van der Waals surface area contributed by atoms with E-state index in [4.69, 9.17) is 11.6 Å². The maximum Gasteiger partial charge on any atom is 0.313 e. The van der Waals surface area contributed by atoms with Gasteiger partial charge in [-0.2, -0.15) is 18.6 Å². The highest BCUT2D eigenvalue weighted by Gasteiger charge is 2.19. The lowest BCUT2D eigenvalue weighted by atomic mass is 10.1. The van der Waals surface area contributed by atoms with Gasteiger partial charge in [0.15, 0.2) is 0 Å². The highest BCUT2D eigenvalue weighted by molar-refractivity contribution is 7.86. The lowest BCUT2D eigenvalue weighted by Gasteiger charge is -2.09. The van der Waals surface area contributed by atoms with Crippen molar-refractivity contribution in [2.45, 2.75) is 74.6 Å². The van der Waals surface area contributed by atoms with Crippen LogP contribution in [0.25, 0.3) is 0 Å². The number of rotatable bonds is 2. The molecule has 0 unspecified atom stereocenters. The fourth-order valence-corrected chi connectivity index (χ4v) is 5.01. The molecule has 6 heteroatoms. The van der Waals surface area contributed by atoms with Crippen LogP contribution in [0.4, 0.5) is 5.69 Å². The Morgan fingerprint density at radius 3 is 1.12 bits per heavy atom. The van der Waals surface area contributed by atoms with Crippen molar-refractivity contribution in [2.24, 2.45) is 5.90 Å². The van der Waals surface area contributed by atoms with Gasteiger partial charge in [0.05, 0.1) is 0 Å². The molecule has 0 aromatic heterocycles. The van der Waals surface area contributed by atoms with Gasteiger partial charge in [0, 0.05) is 5.69 Å². The molecular formula is C28H42N2O3S. The minimum absolute atomic E-state index is 0. The van der Waals surface area contributed by atoms with E-state index in [9.17, 15) is 8.42 Å². The first-order valence-electron chi connectivity index (χ1n) is 10.8. The first-order chi connectivity index (χ1) is 15.2. The quantitative estimate of drug-likeness (QED) is 0.313. The zero-order valence-electron chi connectivity index (χ0n) is 21.3. The Bertz CT molecular complexity index is 1120. The molecule has 0 saturated heterocycles. The number of benzene rings is 3. The molecule has 3 aromatic rings. The molecule has 3 rings (SSSR count). The molecule has 34 heavy (non-hydrogen) atoms. The van der Waals surface area contributed by atoms with Crippen LogP contribution in [0.2, 0.25) is 0 Å². The number of nitrogens with two attached hydrogens (primary N) is 2. The minimum Gasteiger partial charge on any atom is -0.398 e. The van der Waals surface area contributed by atoms with Crippen LogP contribution in [0.5, 0.6) is 0 Å². The van der Waals surface area contributed by atoms with Gasteiger partial charge < -0.3 is 5.73 Å². The molecule has 4 N–H and O–H groups in total. The Hall–Kier alpha value is -2.67. The Balaban J connectivity index is 0.000000487. The van der Waals surface area contributed by atoms with Crippen LogP contribution >= 0.6 is 0 Å². The summed E-state index contributed by atoms with van der Waals surface area (Å²) in [4.78, 5) is 0.158. The van der Waals surface area contributed by atoms with Gasteiger partial charge in [-0.15, -0.1) is 0 Å². The summed E-state index contributed by atoms with van der Waals surface area (Å²) < 4.78 is 26.8. The molecule has 0 saturated carbocycles. The second-order valence-electron chi connectivity index (χ2n) is 8.76. The lowest BCUT2D eigenvalue weighted by Crippen LogP contribution is -2.14. The van der Waals surface area contributed by atoms with Crippen molar-refractivity contribution in [2.75, 3.05) is 5.73 Å². The zero-order valence-corrected chi connectivity index (χ0v) is 22.1. The summed E-state index contributed by atoms with van der Waals surface area (Å²) in [5.41, 5.74) is 16.7. The van der Waals surface area contributed by atoms with Crippen LogP contribution in [0.1, 0.15) is 57.5 Å². The fourth-order valence-electron chi connectivity index (χ4n) is 4.00. The van der Waals surface area contributed by atoms with Crippen LogP contribution in [0.15, 0.2) is 47.4 Å². The summed E-state index contributed by atoms with van der Waals surface area (Å²) in [6.45, 7) is 17.9. The standard InChI is InChI=1S/C9H13NO3S.C9H13N.C9H12.CH4/c1-6-4-7(2)9(8(3)5-6)14(11,12)13-10;1-6-4-7(2)9(10)8(3)5-6;1-7-4-8(2)6-9(3)5-7;/h4-5H,10H2,1-3H3;4-5H,10H2,1-3H3;4-6H,1-3H3;1H4. The molecule has 0 aliphatic carbocycles. The van der Waals surface area contributed by atoms with E-state index in [1.165, 1.54) is 33.4 Å². The average molecular weight is 487 g/mol. The van der Waals surface area contributed by atoms with Gasteiger partial charge >= 0.3 is 10.1 Å². The van der Waals surface area contributed by atoms with E-state index >= 15 is 0 Å². The van der Waals surface area contributed by atoms with Gasteiger partial charge in [-0.25, -0.2) is 0 Å². The first-order valence-corrected chi connectivity index (χ1v) is 12.2. The zero-order chi connectivity index (χ0) is 25.5. The van der Waals surface area contributed by atoms with Crippen LogP contribution in [0.3, 0.4) is 0 Å². The van der Waals surface area contributed by atoms with E-state index in [1.54, 1.807) is 26.0 Å². The summed E-state index contributed by atoms with van der Waals surface area (Å²) >= 11 is 0. The molecule has 0 aliphatic heterocycles. The SMILES string of the molecule is C.Cc1cc(C)c(N)c(C)c1.Cc1cc(C)c(S(=O)(=O)ON)c(C)c1.Cc1cc(C)cc(C)c1. The van der Waals surface area contributed by atoms with Gasteiger partial charge in [-0.3, -0.25) is 0 Å². The second-order valence-corrected chi connectivity index (χ2v) is 10.3. The van der Waals surface area contributed by atoms with Crippen LogP contribution in [-0.4, -0.2) is 8.42 Å². The molecule has 3 aromatic carbocycles. The van der Waals surface area contributed by atoms with E-state index < -0.39 is 10.1 Å². The van der Waals surface area contributed by atoms with Crippen LogP contribution in [0, 0.1) is 62.3 Å². The van der Waals surface area contributed by atoms with Crippen molar-refractivity contribution in [3.63, 3.8) is 0 Å². The van der Waals surface area contributed by atoms with Crippen molar-refractivity contribution < 1.29 is 12.7 Å². The van der Waals surface area contributed by atoms with Gasteiger partial charge in [-0.05, 0) is 84.6 Å². The third kappa shape index (κ3) is 9.29. The molecule has 188 valence electrons. The Kier molecular flexibility index (Phi) is 12.2. The molecule has 0 fully saturated rings. The molecule has 0 radical (unpaired) electrons. The number of nitrogen functional groups attached to an aromatic ring is 1. The minimum atomic E-state index is -3.80. The van der Waals surface area contributed by atoms with Gasteiger partial charge in [0.2, 0.25) is 0 Å². The van der Waals surface area contributed by atoms with Crippen molar-refractivity contribution in [3.05, 3.63) is 92.5 Å². The summed E-state index contributed by atoms with van der Waals surface area (Å²) in [5, 5.41) is 0. The fraction of sp³-hybridized carbons (Fsp3) is 0.357. The second kappa shape index (κ2) is 13.3. The predicted molar refractivity (Wildman–Crippen MR) is 146 cm³/mol. The molecule has 0 amide bonds. The van der Waals surface area contributed by atoms with Crippen molar-refractivity contribution in [3.8, 4) is 0 Å². The molecule has 0 bridgehead atoms. The van der Waals surface area contributed by atoms with Crippen LogP contribution in [-0.2, 0) is 14.4 Å². The molecule has 0 spiro atoms. The van der Waals surface area contributed by atoms with Gasteiger partial charge in [0.1, 0.15) is 4.90 Å². The summed E-state index contributed by atoms with van der Waals surface area (Å²) in [6.07, 6.45) is 0. The number of anilines is 1. The normalized spacial score (nSPS) is 10.3. The molecular weight excluding hydrogens is 444 g/mol. The summed E-state index contributed by atoms with van der Waals surface area (Å²) in [6, 6.07) is 14.3. The number of hydrogen-bond donors (Lipinski definition) is 2. The molecule has 0 aliphatic rings. The first kappa shape index (κ1) is 31.3.